The predicted molar refractivity (Wildman–Crippen MR) is 118 cm³/mol. The molecule has 0 radical (unpaired) electrons. The van der Waals surface area contributed by atoms with Gasteiger partial charge in [-0.2, -0.15) is 11.8 Å². The summed E-state index contributed by atoms with van der Waals surface area (Å²) >= 11 is 2.21. The third-order valence-electron chi connectivity index (χ3n) is 5.78. The zero-order valence-electron chi connectivity index (χ0n) is 15.9. The van der Waals surface area contributed by atoms with E-state index in [4.69, 9.17) is 4.99 Å². The molecule has 1 N–H and O–H groups in total. The van der Waals surface area contributed by atoms with Gasteiger partial charge in [-0.3, -0.25) is 0 Å². The number of rotatable bonds is 3. The largest absolute Gasteiger partial charge is 0.353 e. The Balaban J connectivity index is 0.00000196. The summed E-state index contributed by atoms with van der Waals surface area (Å²) in [6.07, 6.45) is 9.48. The molecule has 2 saturated carbocycles. The molecule has 0 atom stereocenters. The van der Waals surface area contributed by atoms with Crippen LogP contribution in [0.25, 0.3) is 0 Å². The SMILES string of the molecule is Cc1nnc(CN=C(NC2CC2)N2CCSC3(CCCCC3)C2)n1C.I. The fourth-order valence-corrected chi connectivity index (χ4v) is 5.47. The van der Waals surface area contributed by atoms with E-state index in [1.165, 1.54) is 50.7 Å². The number of halogens is 1. The lowest BCUT2D eigenvalue weighted by Crippen LogP contribution is -2.53. The van der Waals surface area contributed by atoms with Gasteiger partial charge in [0.1, 0.15) is 12.4 Å². The van der Waals surface area contributed by atoms with Crippen LogP contribution in [0.5, 0.6) is 0 Å². The molecule has 1 saturated heterocycles. The summed E-state index contributed by atoms with van der Waals surface area (Å²) in [5, 5.41) is 12.1. The average molecular weight is 490 g/mol. The van der Waals surface area contributed by atoms with Crippen molar-refractivity contribution in [2.45, 2.75) is 69.2 Å². The number of aliphatic imine (C=N–C) groups is 1. The summed E-state index contributed by atoms with van der Waals surface area (Å²) in [6.45, 7) is 4.83. The van der Waals surface area contributed by atoms with Gasteiger partial charge in [-0.15, -0.1) is 34.2 Å². The number of hydrogen-bond donors (Lipinski definition) is 1. The topological polar surface area (TPSA) is 58.3 Å². The smallest absolute Gasteiger partial charge is 0.194 e. The summed E-state index contributed by atoms with van der Waals surface area (Å²) in [5.41, 5.74) is 0. The van der Waals surface area contributed by atoms with Gasteiger partial charge in [0.15, 0.2) is 11.8 Å². The first-order valence-electron chi connectivity index (χ1n) is 9.70. The summed E-state index contributed by atoms with van der Waals surface area (Å²) in [4.78, 5) is 7.47. The van der Waals surface area contributed by atoms with Gasteiger partial charge in [0, 0.05) is 36.7 Å². The second-order valence-corrected chi connectivity index (χ2v) is 9.36. The number of aryl methyl sites for hydroxylation is 1. The van der Waals surface area contributed by atoms with E-state index in [1.54, 1.807) is 0 Å². The van der Waals surface area contributed by atoms with Crippen LogP contribution in [0.2, 0.25) is 0 Å². The minimum absolute atomic E-state index is 0. The fourth-order valence-electron chi connectivity index (χ4n) is 3.91. The normalized spacial score (nSPS) is 23.0. The molecule has 3 fully saturated rings. The van der Waals surface area contributed by atoms with Crippen molar-refractivity contribution in [3.63, 3.8) is 0 Å². The molecule has 1 spiro atoms. The van der Waals surface area contributed by atoms with Crippen molar-refractivity contribution in [2.75, 3.05) is 18.8 Å². The molecule has 4 rings (SSSR count). The van der Waals surface area contributed by atoms with E-state index in [-0.39, 0.29) is 24.0 Å². The Morgan fingerprint density at radius 1 is 1.27 bits per heavy atom. The molecule has 1 aliphatic heterocycles. The molecule has 2 aliphatic carbocycles. The Bertz CT molecular complexity index is 630. The molecular formula is C18H31IN6S. The van der Waals surface area contributed by atoms with Gasteiger partial charge in [-0.25, -0.2) is 4.99 Å². The van der Waals surface area contributed by atoms with E-state index in [9.17, 15) is 0 Å². The maximum atomic E-state index is 4.95. The highest BCUT2D eigenvalue weighted by atomic mass is 127. The van der Waals surface area contributed by atoms with Crippen LogP contribution in [-0.2, 0) is 13.6 Å². The molecule has 1 aromatic rings. The summed E-state index contributed by atoms with van der Waals surface area (Å²) in [7, 11) is 2.02. The van der Waals surface area contributed by atoms with E-state index in [2.05, 4.69) is 32.2 Å². The molecule has 0 aromatic carbocycles. The molecule has 146 valence electrons. The molecule has 1 aromatic heterocycles. The first-order valence-corrected chi connectivity index (χ1v) is 10.7. The molecule has 3 aliphatic rings. The maximum absolute atomic E-state index is 4.95. The van der Waals surface area contributed by atoms with Crippen molar-refractivity contribution < 1.29 is 0 Å². The minimum Gasteiger partial charge on any atom is -0.353 e. The van der Waals surface area contributed by atoms with Crippen LogP contribution in [0.1, 0.15) is 56.6 Å². The lowest BCUT2D eigenvalue weighted by atomic mass is 9.87. The highest BCUT2D eigenvalue weighted by Gasteiger charge is 2.39. The van der Waals surface area contributed by atoms with Crippen LogP contribution < -0.4 is 5.32 Å². The average Bonchev–Trinajstić information content (AvgIpc) is 3.39. The van der Waals surface area contributed by atoms with Crippen molar-refractivity contribution in [2.24, 2.45) is 12.0 Å². The Morgan fingerprint density at radius 2 is 2.04 bits per heavy atom. The van der Waals surface area contributed by atoms with Gasteiger partial charge < -0.3 is 14.8 Å². The van der Waals surface area contributed by atoms with Crippen LogP contribution in [0.15, 0.2) is 4.99 Å². The predicted octanol–water partition coefficient (Wildman–Crippen LogP) is 3.10. The maximum Gasteiger partial charge on any atom is 0.194 e. The lowest BCUT2D eigenvalue weighted by Gasteiger charge is -2.45. The highest BCUT2D eigenvalue weighted by molar-refractivity contribution is 14.0. The van der Waals surface area contributed by atoms with Gasteiger partial charge in [-0.1, -0.05) is 19.3 Å². The fraction of sp³-hybridized carbons (Fsp3) is 0.833. The number of nitrogens with one attached hydrogen (secondary N) is 1. The Hall–Kier alpha value is -0.510. The molecular weight excluding hydrogens is 459 g/mol. The number of guanidine groups is 1. The van der Waals surface area contributed by atoms with Crippen molar-refractivity contribution >= 4 is 41.7 Å². The third-order valence-corrected chi connectivity index (χ3v) is 7.31. The lowest BCUT2D eigenvalue weighted by molar-refractivity contribution is 0.292. The van der Waals surface area contributed by atoms with E-state index in [0.29, 0.717) is 17.3 Å². The van der Waals surface area contributed by atoms with Crippen molar-refractivity contribution in [3.05, 3.63) is 11.6 Å². The van der Waals surface area contributed by atoms with Crippen LogP contribution in [0, 0.1) is 6.92 Å². The number of aromatic nitrogens is 3. The summed E-state index contributed by atoms with van der Waals surface area (Å²) < 4.78 is 2.50. The van der Waals surface area contributed by atoms with Gasteiger partial charge in [0.2, 0.25) is 0 Å². The van der Waals surface area contributed by atoms with Gasteiger partial charge in [0.05, 0.1) is 0 Å². The number of hydrogen-bond acceptors (Lipinski definition) is 4. The second-order valence-electron chi connectivity index (χ2n) is 7.79. The van der Waals surface area contributed by atoms with E-state index >= 15 is 0 Å². The summed E-state index contributed by atoms with van der Waals surface area (Å²) in [5.74, 6) is 4.19. The van der Waals surface area contributed by atoms with Crippen molar-refractivity contribution in [1.82, 2.24) is 25.0 Å². The Labute approximate surface area is 178 Å². The quantitative estimate of drug-likeness (QED) is 0.401. The van der Waals surface area contributed by atoms with E-state index < -0.39 is 0 Å². The first kappa shape index (κ1) is 20.2. The molecule has 0 bridgehead atoms. The van der Waals surface area contributed by atoms with Crippen molar-refractivity contribution in [3.8, 4) is 0 Å². The van der Waals surface area contributed by atoms with E-state index in [1.807, 2.05) is 18.5 Å². The van der Waals surface area contributed by atoms with Gasteiger partial charge in [-0.05, 0) is 32.6 Å². The monoisotopic (exact) mass is 490 g/mol. The zero-order valence-corrected chi connectivity index (χ0v) is 19.1. The molecule has 26 heavy (non-hydrogen) atoms. The van der Waals surface area contributed by atoms with Gasteiger partial charge >= 0.3 is 0 Å². The molecule has 6 nitrogen and oxygen atoms in total. The van der Waals surface area contributed by atoms with Crippen LogP contribution in [0.3, 0.4) is 0 Å². The number of thioether (sulfide) groups is 1. The van der Waals surface area contributed by atoms with Crippen LogP contribution in [-0.4, -0.2) is 55.3 Å². The first-order chi connectivity index (χ1) is 12.2. The zero-order chi connectivity index (χ0) is 17.3. The molecule has 2 heterocycles. The number of nitrogens with zero attached hydrogens (tertiary/aromatic N) is 5. The summed E-state index contributed by atoms with van der Waals surface area (Å²) in [6, 6.07) is 0.622. The molecule has 0 amide bonds. The molecule has 8 heteroatoms. The third kappa shape index (κ3) is 4.66. The van der Waals surface area contributed by atoms with E-state index in [0.717, 1.165) is 30.7 Å². The van der Waals surface area contributed by atoms with Crippen LogP contribution in [0.4, 0.5) is 0 Å². The van der Waals surface area contributed by atoms with Gasteiger partial charge in [0.25, 0.3) is 0 Å². The Kier molecular flexibility index (Phi) is 6.74. The minimum atomic E-state index is 0. The standard InChI is InChI=1S/C18H30N6S.HI/c1-14-21-22-16(23(14)2)12-19-17(20-15-6-7-15)24-10-11-25-18(13-24)8-4-3-5-9-18;/h15H,3-13H2,1-2H3,(H,19,20);1H. The van der Waals surface area contributed by atoms with Crippen LogP contribution >= 0.6 is 35.7 Å². The molecule has 0 unspecified atom stereocenters. The second kappa shape index (κ2) is 8.67. The Morgan fingerprint density at radius 3 is 2.69 bits per heavy atom. The highest BCUT2D eigenvalue weighted by Crippen LogP contribution is 2.42. The van der Waals surface area contributed by atoms with Crippen molar-refractivity contribution in [1.29, 1.82) is 0 Å².